The minimum absolute atomic E-state index is 0.0955. The molecule has 0 radical (unpaired) electrons. The number of benzene rings is 1. The Morgan fingerprint density at radius 1 is 1.14 bits per heavy atom. The highest BCUT2D eigenvalue weighted by Gasteiger charge is 2.06. The predicted molar refractivity (Wildman–Crippen MR) is 83.5 cm³/mol. The number of hydrogen-bond donors (Lipinski definition) is 1. The van der Waals surface area contributed by atoms with Crippen LogP contribution in [0.4, 0.5) is 11.6 Å². The smallest absolute Gasteiger partial charge is 0.262 e. The fraction of sp³-hybridized carbons (Fsp3) is 0.267. The number of aromatic nitrogens is 2. The van der Waals surface area contributed by atoms with Crippen LogP contribution >= 0.6 is 0 Å². The Labute approximate surface area is 128 Å². The lowest BCUT2D eigenvalue weighted by molar-refractivity contribution is -0.118. The summed E-state index contributed by atoms with van der Waals surface area (Å²) in [6, 6.07) is 7.00. The standard InChI is InChI=1S/C15H18N4O3/c1-19(2)15-16-8-11(9-17-15)18-14(20)10-22-13-6-4-12(21-3)5-7-13/h4-9H,10H2,1-3H3,(H,18,20). The van der Waals surface area contributed by atoms with Gasteiger partial charge in [0.25, 0.3) is 5.91 Å². The molecular formula is C15H18N4O3. The normalized spacial score (nSPS) is 9.95. The highest BCUT2D eigenvalue weighted by molar-refractivity contribution is 5.91. The maximum absolute atomic E-state index is 11.8. The zero-order valence-electron chi connectivity index (χ0n) is 12.7. The van der Waals surface area contributed by atoms with Gasteiger partial charge in [-0.15, -0.1) is 0 Å². The van der Waals surface area contributed by atoms with E-state index in [-0.39, 0.29) is 12.5 Å². The summed E-state index contributed by atoms with van der Waals surface area (Å²) in [5.41, 5.74) is 0.522. The van der Waals surface area contributed by atoms with Gasteiger partial charge < -0.3 is 19.7 Å². The van der Waals surface area contributed by atoms with E-state index in [1.807, 2.05) is 14.1 Å². The van der Waals surface area contributed by atoms with Gasteiger partial charge in [-0.1, -0.05) is 0 Å². The molecule has 0 aliphatic rings. The molecule has 0 atom stereocenters. The molecular weight excluding hydrogens is 284 g/mol. The molecule has 1 amide bonds. The zero-order chi connectivity index (χ0) is 15.9. The van der Waals surface area contributed by atoms with E-state index in [0.717, 1.165) is 5.75 Å². The molecule has 0 bridgehead atoms. The van der Waals surface area contributed by atoms with Crippen molar-refractivity contribution >= 4 is 17.5 Å². The van der Waals surface area contributed by atoms with Crippen LogP contribution in [0.1, 0.15) is 0 Å². The number of anilines is 2. The zero-order valence-corrected chi connectivity index (χ0v) is 12.7. The lowest BCUT2D eigenvalue weighted by atomic mass is 10.3. The van der Waals surface area contributed by atoms with Crippen molar-refractivity contribution in [1.82, 2.24) is 9.97 Å². The van der Waals surface area contributed by atoms with Gasteiger partial charge in [0.15, 0.2) is 6.61 Å². The second-order valence-corrected chi connectivity index (χ2v) is 4.68. The summed E-state index contributed by atoms with van der Waals surface area (Å²) in [7, 11) is 5.28. The van der Waals surface area contributed by atoms with Gasteiger partial charge in [-0.2, -0.15) is 0 Å². The van der Waals surface area contributed by atoms with Crippen LogP contribution in [0.2, 0.25) is 0 Å². The molecule has 0 fully saturated rings. The summed E-state index contributed by atoms with van der Waals surface area (Å²) in [5.74, 6) is 1.62. The Bertz CT molecular complexity index is 612. The first-order chi connectivity index (χ1) is 10.6. The second kappa shape index (κ2) is 7.26. The van der Waals surface area contributed by atoms with Crippen molar-refractivity contribution in [2.75, 3.05) is 38.0 Å². The minimum atomic E-state index is -0.281. The van der Waals surface area contributed by atoms with Crippen molar-refractivity contribution in [2.45, 2.75) is 0 Å². The van der Waals surface area contributed by atoms with Crippen LogP contribution in [0.3, 0.4) is 0 Å². The summed E-state index contributed by atoms with van der Waals surface area (Å²) >= 11 is 0. The number of ether oxygens (including phenoxy) is 2. The van der Waals surface area contributed by atoms with Gasteiger partial charge in [0.1, 0.15) is 11.5 Å². The minimum Gasteiger partial charge on any atom is -0.497 e. The number of carbonyl (C=O) groups excluding carboxylic acids is 1. The molecule has 116 valence electrons. The SMILES string of the molecule is COc1ccc(OCC(=O)Nc2cnc(N(C)C)nc2)cc1. The van der Waals surface area contributed by atoms with E-state index in [2.05, 4.69) is 15.3 Å². The van der Waals surface area contributed by atoms with E-state index < -0.39 is 0 Å². The monoisotopic (exact) mass is 302 g/mol. The van der Waals surface area contributed by atoms with E-state index in [0.29, 0.717) is 17.4 Å². The summed E-state index contributed by atoms with van der Waals surface area (Å²) in [4.78, 5) is 21.8. The number of amides is 1. The fourth-order valence-electron chi connectivity index (χ4n) is 1.63. The quantitative estimate of drug-likeness (QED) is 0.873. The molecule has 1 N–H and O–H groups in total. The van der Waals surface area contributed by atoms with Crippen LogP contribution in [-0.4, -0.2) is 43.7 Å². The molecule has 0 saturated heterocycles. The molecule has 1 aromatic carbocycles. The maximum Gasteiger partial charge on any atom is 0.262 e. The summed E-state index contributed by atoms with van der Waals surface area (Å²) < 4.78 is 10.4. The summed E-state index contributed by atoms with van der Waals surface area (Å²) in [6.45, 7) is -0.0955. The number of methoxy groups -OCH3 is 1. The molecule has 2 aromatic rings. The third-order valence-electron chi connectivity index (χ3n) is 2.75. The van der Waals surface area contributed by atoms with Gasteiger partial charge in [0, 0.05) is 14.1 Å². The van der Waals surface area contributed by atoms with Crippen LogP contribution in [0.25, 0.3) is 0 Å². The van der Waals surface area contributed by atoms with Crippen LogP contribution < -0.4 is 19.7 Å². The second-order valence-electron chi connectivity index (χ2n) is 4.68. The Kier molecular flexibility index (Phi) is 5.13. The van der Waals surface area contributed by atoms with Gasteiger partial charge in [0.2, 0.25) is 5.95 Å². The molecule has 2 rings (SSSR count). The van der Waals surface area contributed by atoms with Crippen molar-refractivity contribution in [3.63, 3.8) is 0 Å². The van der Waals surface area contributed by atoms with Crippen molar-refractivity contribution in [2.24, 2.45) is 0 Å². The van der Waals surface area contributed by atoms with Gasteiger partial charge in [-0.25, -0.2) is 9.97 Å². The molecule has 1 heterocycles. The van der Waals surface area contributed by atoms with E-state index in [9.17, 15) is 4.79 Å². The van der Waals surface area contributed by atoms with Crippen LogP contribution in [-0.2, 0) is 4.79 Å². The molecule has 1 aromatic heterocycles. The largest absolute Gasteiger partial charge is 0.497 e. The highest BCUT2D eigenvalue weighted by atomic mass is 16.5. The predicted octanol–water partition coefficient (Wildman–Crippen LogP) is 1.57. The Morgan fingerprint density at radius 3 is 2.27 bits per heavy atom. The highest BCUT2D eigenvalue weighted by Crippen LogP contribution is 2.17. The average molecular weight is 302 g/mol. The first-order valence-electron chi connectivity index (χ1n) is 6.64. The number of nitrogens with zero attached hydrogens (tertiary/aromatic N) is 3. The van der Waals surface area contributed by atoms with E-state index in [1.165, 1.54) is 0 Å². The summed E-state index contributed by atoms with van der Waals surface area (Å²) in [5, 5.41) is 2.67. The molecule has 0 aliphatic carbocycles. The number of rotatable bonds is 6. The lowest BCUT2D eigenvalue weighted by Gasteiger charge is -2.10. The van der Waals surface area contributed by atoms with Gasteiger partial charge >= 0.3 is 0 Å². The van der Waals surface area contributed by atoms with Crippen molar-refractivity contribution in [3.8, 4) is 11.5 Å². The van der Waals surface area contributed by atoms with Crippen molar-refractivity contribution in [1.29, 1.82) is 0 Å². The first-order valence-corrected chi connectivity index (χ1v) is 6.64. The van der Waals surface area contributed by atoms with Crippen molar-refractivity contribution < 1.29 is 14.3 Å². The third kappa shape index (κ3) is 4.34. The van der Waals surface area contributed by atoms with E-state index in [4.69, 9.17) is 9.47 Å². The van der Waals surface area contributed by atoms with E-state index in [1.54, 1.807) is 48.7 Å². The van der Waals surface area contributed by atoms with Crippen LogP contribution in [0.15, 0.2) is 36.7 Å². The molecule has 7 nitrogen and oxygen atoms in total. The van der Waals surface area contributed by atoms with Crippen LogP contribution in [0, 0.1) is 0 Å². The molecule has 0 saturated carbocycles. The lowest BCUT2D eigenvalue weighted by Crippen LogP contribution is -2.20. The van der Waals surface area contributed by atoms with E-state index >= 15 is 0 Å². The van der Waals surface area contributed by atoms with Gasteiger partial charge in [-0.3, -0.25) is 4.79 Å². The first kappa shape index (κ1) is 15.6. The average Bonchev–Trinajstić information content (AvgIpc) is 2.54. The van der Waals surface area contributed by atoms with Gasteiger partial charge in [-0.05, 0) is 24.3 Å². The molecule has 0 unspecified atom stereocenters. The molecule has 7 heteroatoms. The Hall–Kier alpha value is -2.83. The molecule has 22 heavy (non-hydrogen) atoms. The van der Waals surface area contributed by atoms with Crippen LogP contribution in [0.5, 0.6) is 11.5 Å². The van der Waals surface area contributed by atoms with Crippen molar-refractivity contribution in [3.05, 3.63) is 36.7 Å². The Balaban J connectivity index is 1.84. The summed E-state index contributed by atoms with van der Waals surface area (Å²) in [6.07, 6.45) is 3.10. The van der Waals surface area contributed by atoms with Gasteiger partial charge in [0.05, 0.1) is 25.2 Å². The fourth-order valence-corrected chi connectivity index (χ4v) is 1.63. The number of hydrogen-bond acceptors (Lipinski definition) is 6. The Morgan fingerprint density at radius 2 is 1.73 bits per heavy atom. The third-order valence-corrected chi connectivity index (χ3v) is 2.75. The maximum atomic E-state index is 11.8. The number of carbonyl (C=O) groups is 1. The topological polar surface area (TPSA) is 76.6 Å². The molecule has 0 aliphatic heterocycles. The number of nitrogens with one attached hydrogen (secondary N) is 1. The molecule has 0 spiro atoms.